The minimum absolute atomic E-state index is 0.00779. The third-order valence-electron chi connectivity index (χ3n) is 6.12. The first-order chi connectivity index (χ1) is 17.5. The molecule has 4 heterocycles. The Morgan fingerprint density at radius 2 is 2.19 bits per heavy atom. The summed E-state index contributed by atoms with van der Waals surface area (Å²) in [5.74, 6) is 0.102. The summed E-state index contributed by atoms with van der Waals surface area (Å²) in [6.07, 6.45) is 5.03. The van der Waals surface area contributed by atoms with Crippen LogP contribution in [0.4, 0.5) is 15.9 Å². The minimum atomic E-state index is -0.668. The van der Waals surface area contributed by atoms with Gasteiger partial charge >= 0.3 is 0 Å². The summed E-state index contributed by atoms with van der Waals surface area (Å²) in [5.41, 5.74) is 1.07. The van der Waals surface area contributed by atoms with Gasteiger partial charge in [0.2, 0.25) is 11.8 Å². The molecule has 2 saturated heterocycles. The van der Waals surface area contributed by atoms with Crippen molar-refractivity contribution in [3.05, 3.63) is 54.1 Å². The number of halogens is 2. The number of nitrogens with zero attached hydrogens (tertiary/aromatic N) is 4. The first-order valence-electron chi connectivity index (χ1n) is 11.7. The molecular formula is C25H25ClFN5O4. The number of benzene rings is 1. The molecule has 1 N–H and O–H groups in total. The van der Waals surface area contributed by atoms with Gasteiger partial charge in [0.05, 0.1) is 23.9 Å². The molecule has 11 heteroatoms. The van der Waals surface area contributed by atoms with Crippen LogP contribution >= 0.6 is 11.6 Å². The van der Waals surface area contributed by atoms with Crippen molar-refractivity contribution in [1.82, 2.24) is 19.9 Å². The Kier molecular flexibility index (Phi) is 7.15. The van der Waals surface area contributed by atoms with Crippen LogP contribution in [0.2, 0.25) is 5.02 Å². The van der Waals surface area contributed by atoms with E-state index in [1.807, 2.05) is 0 Å². The van der Waals surface area contributed by atoms with E-state index >= 15 is 4.39 Å². The third kappa shape index (κ3) is 5.19. The molecule has 1 amide bonds. The summed E-state index contributed by atoms with van der Waals surface area (Å²) in [7, 11) is 0. The Morgan fingerprint density at radius 1 is 1.31 bits per heavy atom. The number of pyridine rings is 1. The Balaban J connectivity index is 1.32. The van der Waals surface area contributed by atoms with E-state index in [-0.39, 0.29) is 34.6 Å². The second-order valence-corrected chi connectivity index (χ2v) is 8.94. The normalized spacial score (nSPS) is 19.4. The van der Waals surface area contributed by atoms with Gasteiger partial charge in [0.1, 0.15) is 35.3 Å². The molecule has 36 heavy (non-hydrogen) atoms. The van der Waals surface area contributed by atoms with Crippen molar-refractivity contribution in [3.63, 3.8) is 0 Å². The van der Waals surface area contributed by atoms with Crippen molar-refractivity contribution < 1.29 is 23.4 Å². The molecule has 188 valence electrons. The molecular weight excluding hydrogens is 489 g/mol. The van der Waals surface area contributed by atoms with E-state index in [0.717, 1.165) is 12.8 Å². The van der Waals surface area contributed by atoms with Crippen LogP contribution in [0.25, 0.3) is 11.0 Å². The summed E-state index contributed by atoms with van der Waals surface area (Å²) in [6.45, 7) is 5.59. The number of hydrogen-bond acceptors (Lipinski definition) is 8. The van der Waals surface area contributed by atoms with Crippen LogP contribution in [0.15, 0.2) is 43.2 Å². The number of anilines is 2. The molecule has 2 aliphatic heterocycles. The van der Waals surface area contributed by atoms with Gasteiger partial charge in [-0.15, -0.1) is 0 Å². The number of carbonyl (C=O) groups excluding carboxylic acids is 1. The summed E-state index contributed by atoms with van der Waals surface area (Å²) in [4.78, 5) is 26.5. The fourth-order valence-electron chi connectivity index (χ4n) is 4.23. The summed E-state index contributed by atoms with van der Waals surface area (Å²) < 4.78 is 32.3. The molecule has 0 bridgehead atoms. The van der Waals surface area contributed by atoms with Gasteiger partial charge in [0, 0.05) is 25.6 Å². The lowest BCUT2D eigenvalue weighted by atomic mass is 10.2. The molecule has 2 aliphatic rings. The summed E-state index contributed by atoms with van der Waals surface area (Å²) in [5, 5.41) is 2.83. The Morgan fingerprint density at radius 3 is 3.00 bits per heavy atom. The Labute approximate surface area is 212 Å². The zero-order chi connectivity index (χ0) is 25.1. The lowest BCUT2D eigenvalue weighted by Crippen LogP contribution is -2.29. The van der Waals surface area contributed by atoms with Gasteiger partial charge in [-0.2, -0.15) is 0 Å². The van der Waals surface area contributed by atoms with Crippen LogP contribution in [0.5, 0.6) is 11.6 Å². The Bertz CT molecular complexity index is 1290. The Hall–Kier alpha value is -3.50. The molecule has 0 aliphatic carbocycles. The second-order valence-electron chi connectivity index (χ2n) is 8.57. The number of rotatable bonds is 8. The van der Waals surface area contributed by atoms with Gasteiger partial charge < -0.3 is 24.4 Å². The van der Waals surface area contributed by atoms with E-state index in [1.54, 1.807) is 23.1 Å². The first-order valence-corrected chi connectivity index (χ1v) is 12.1. The molecule has 9 nitrogen and oxygen atoms in total. The van der Waals surface area contributed by atoms with Crippen LogP contribution in [0.1, 0.15) is 19.3 Å². The predicted molar refractivity (Wildman–Crippen MR) is 132 cm³/mol. The van der Waals surface area contributed by atoms with Gasteiger partial charge in [-0.25, -0.2) is 19.3 Å². The molecule has 0 unspecified atom stereocenters. The van der Waals surface area contributed by atoms with Crippen molar-refractivity contribution in [2.45, 2.75) is 31.5 Å². The quantitative estimate of drug-likeness (QED) is 0.445. The van der Waals surface area contributed by atoms with Crippen molar-refractivity contribution in [2.75, 3.05) is 31.6 Å². The monoisotopic (exact) mass is 513 g/mol. The lowest BCUT2D eigenvalue weighted by molar-refractivity contribution is -0.125. The standard InChI is InChI=1S/C25H25ClFN5O4/c1-2-21(33)32-10-9-15(12-32)36-20-8-6-18-24(31-20)25(29-14-28-18)30-17-5-7-19(22(26)23(17)27)35-13-16-4-3-11-34-16/h2,5-8,14-16H,1,3-4,9-13H2,(H,28,29,30)/t15-,16+/m0/s1. The largest absolute Gasteiger partial charge is 0.489 e. The summed E-state index contributed by atoms with van der Waals surface area (Å²) >= 11 is 6.25. The average molecular weight is 514 g/mol. The highest BCUT2D eigenvalue weighted by Gasteiger charge is 2.27. The van der Waals surface area contributed by atoms with Crippen LogP contribution < -0.4 is 14.8 Å². The number of carbonyl (C=O) groups is 1. The van der Waals surface area contributed by atoms with E-state index in [9.17, 15) is 4.79 Å². The van der Waals surface area contributed by atoms with Gasteiger partial charge in [-0.05, 0) is 37.1 Å². The maximum absolute atomic E-state index is 15.1. The number of hydrogen-bond donors (Lipinski definition) is 1. The molecule has 2 atom stereocenters. The first kappa shape index (κ1) is 24.2. The number of nitrogens with one attached hydrogen (secondary N) is 1. The highest BCUT2D eigenvalue weighted by Crippen LogP contribution is 2.34. The third-order valence-corrected chi connectivity index (χ3v) is 6.48. The fourth-order valence-corrected chi connectivity index (χ4v) is 4.45. The number of amides is 1. The SMILES string of the molecule is C=CC(=O)N1CC[C@H](Oc2ccc3ncnc(Nc4ccc(OC[C@H]5CCCO5)c(Cl)c4F)c3n2)C1. The number of likely N-dealkylation sites (tertiary alicyclic amines) is 1. The molecule has 0 spiro atoms. The zero-order valence-corrected chi connectivity index (χ0v) is 20.2. The molecule has 2 aromatic heterocycles. The fraction of sp³-hybridized carbons (Fsp3) is 0.360. The maximum Gasteiger partial charge on any atom is 0.246 e. The van der Waals surface area contributed by atoms with E-state index < -0.39 is 5.82 Å². The van der Waals surface area contributed by atoms with Crippen LogP contribution in [-0.2, 0) is 9.53 Å². The predicted octanol–water partition coefficient (Wildman–Crippen LogP) is 4.28. The molecule has 3 aromatic rings. The van der Waals surface area contributed by atoms with Crippen molar-refractivity contribution in [3.8, 4) is 11.6 Å². The number of fused-ring (bicyclic) bond motifs is 1. The van der Waals surface area contributed by atoms with Crippen molar-refractivity contribution in [1.29, 1.82) is 0 Å². The maximum atomic E-state index is 15.1. The molecule has 2 fully saturated rings. The van der Waals surface area contributed by atoms with Gasteiger partial charge in [-0.1, -0.05) is 18.2 Å². The van der Waals surface area contributed by atoms with Crippen LogP contribution in [0, 0.1) is 5.82 Å². The second kappa shape index (κ2) is 10.6. The lowest BCUT2D eigenvalue weighted by Gasteiger charge is -2.16. The smallest absolute Gasteiger partial charge is 0.246 e. The highest BCUT2D eigenvalue weighted by atomic mass is 35.5. The molecule has 5 rings (SSSR count). The number of aromatic nitrogens is 3. The average Bonchev–Trinajstić information content (AvgIpc) is 3.59. The summed E-state index contributed by atoms with van der Waals surface area (Å²) in [6, 6.07) is 6.58. The minimum Gasteiger partial charge on any atom is -0.489 e. The van der Waals surface area contributed by atoms with Gasteiger partial charge in [0.15, 0.2) is 11.6 Å². The van der Waals surface area contributed by atoms with Crippen LogP contribution in [0.3, 0.4) is 0 Å². The van der Waals surface area contributed by atoms with Crippen molar-refractivity contribution >= 4 is 40.0 Å². The van der Waals surface area contributed by atoms with E-state index in [0.29, 0.717) is 55.5 Å². The number of ether oxygens (including phenoxy) is 3. The van der Waals surface area contributed by atoms with E-state index in [4.69, 9.17) is 25.8 Å². The topological polar surface area (TPSA) is 98.7 Å². The zero-order valence-electron chi connectivity index (χ0n) is 19.5. The molecule has 1 aromatic carbocycles. The highest BCUT2D eigenvalue weighted by molar-refractivity contribution is 6.32. The molecule has 0 saturated carbocycles. The molecule has 0 radical (unpaired) electrons. The van der Waals surface area contributed by atoms with E-state index in [1.165, 1.54) is 18.5 Å². The van der Waals surface area contributed by atoms with Gasteiger partial charge in [-0.3, -0.25) is 4.79 Å². The van der Waals surface area contributed by atoms with Crippen molar-refractivity contribution in [2.24, 2.45) is 0 Å². The van der Waals surface area contributed by atoms with Crippen LogP contribution in [-0.4, -0.2) is 64.3 Å². The van der Waals surface area contributed by atoms with Gasteiger partial charge in [0.25, 0.3) is 0 Å². The van der Waals surface area contributed by atoms with E-state index in [2.05, 4.69) is 26.8 Å².